The third kappa shape index (κ3) is 1.49. The normalized spacial score (nSPS) is 13.3. The van der Waals surface area contributed by atoms with Gasteiger partial charge < -0.3 is 15.8 Å². The fourth-order valence-electron chi connectivity index (χ4n) is 1.57. The molecule has 0 aliphatic carbocycles. The van der Waals surface area contributed by atoms with Crippen molar-refractivity contribution in [1.82, 2.24) is 9.97 Å². The van der Waals surface area contributed by atoms with Crippen molar-refractivity contribution in [1.29, 1.82) is 0 Å². The number of rotatable bonds is 3. The van der Waals surface area contributed by atoms with Gasteiger partial charge in [-0.25, -0.2) is 4.98 Å². The minimum atomic E-state index is -0.502. The first kappa shape index (κ1) is 9.18. The summed E-state index contributed by atoms with van der Waals surface area (Å²) in [5.74, 6) is 0. The third-order valence-electron chi connectivity index (χ3n) is 2.28. The number of H-pyrrole nitrogens is 1. The molecule has 2 aromatic heterocycles. The van der Waals surface area contributed by atoms with E-state index in [4.69, 9.17) is 5.73 Å². The van der Waals surface area contributed by atoms with Crippen molar-refractivity contribution in [3.8, 4) is 0 Å². The number of pyridine rings is 1. The fraction of sp³-hybridized carbons (Fsp3) is 0.300. The molecule has 4 heteroatoms. The van der Waals surface area contributed by atoms with Crippen LogP contribution >= 0.6 is 0 Å². The Morgan fingerprint density at radius 3 is 3.21 bits per heavy atom. The van der Waals surface area contributed by atoms with Gasteiger partial charge in [-0.1, -0.05) is 0 Å². The Morgan fingerprint density at radius 2 is 2.43 bits per heavy atom. The topological polar surface area (TPSA) is 74.9 Å². The summed E-state index contributed by atoms with van der Waals surface area (Å²) >= 11 is 0. The molecule has 4 nitrogen and oxygen atoms in total. The molecule has 0 fully saturated rings. The molecule has 0 saturated carbocycles. The molecule has 2 heterocycles. The zero-order valence-electron chi connectivity index (χ0n) is 7.77. The fourth-order valence-corrected chi connectivity index (χ4v) is 1.57. The van der Waals surface area contributed by atoms with E-state index >= 15 is 0 Å². The average molecular weight is 191 g/mol. The van der Waals surface area contributed by atoms with Crippen molar-refractivity contribution in [2.75, 3.05) is 6.54 Å². The summed E-state index contributed by atoms with van der Waals surface area (Å²) in [6.07, 6.45) is 3.58. The Kier molecular flexibility index (Phi) is 2.47. The monoisotopic (exact) mass is 191 g/mol. The van der Waals surface area contributed by atoms with Crippen LogP contribution in [-0.2, 0) is 0 Å². The van der Waals surface area contributed by atoms with Crippen molar-refractivity contribution in [2.45, 2.75) is 12.5 Å². The lowest BCUT2D eigenvalue weighted by Gasteiger charge is -2.06. The van der Waals surface area contributed by atoms with Gasteiger partial charge in [-0.2, -0.15) is 0 Å². The van der Waals surface area contributed by atoms with Gasteiger partial charge in [-0.05, 0) is 25.1 Å². The zero-order valence-corrected chi connectivity index (χ0v) is 7.77. The number of aromatic nitrogens is 2. The van der Waals surface area contributed by atoms with Crippen LogP contribution in [0, 0.1) is 0 Å². The van der Waals surface area contributed by atoms with Crippen LogP contribution in [0.2, 0.25) is 0 Å². The standard InChI is InChI=1S/C10H13N3O/c11-4-3-9(14)8-6-13-10-7(8)2-1-5-12-10/h1-2,5-6,9,14H,3-4,11H2,(H,12,13)/t9-/m1/s1. The van der Waals surface area contributed by atoms with Crippen LogP contribution in [0.3, 0.4) is 0 Å². The summed E-state index contributed by atoms with van der Waals surface area (Å²) < 4.78 is 0. The van der Waals surface area contributed by atoms with Gasteiger partial charge in [0.1, 0.15) is 5.65 Å². The van der Waals surface area contributed by atoms with Gasteiger partial charge >= 0.3 is 0 Å². The quantitative estimate of drug-likeness (QED) is 0.676. The van der Waals surface area contributed by atoms with Crippen molar-refractivity contribution in [3.63, 3.8) is 0 Å². The molecule has 0 aliphatic heterocycles. The molecule has 4 N–H and O–H groups in total. The van der Waals surface area contributed by atoms with E-state index in [1.807, 2.05) is 12.1 Å². The Balaban J connectivity index is 2.42. The van der Waals surface area contributed by atoms with E-state index in [2.05, 4.69) is 9.97 Å². The minimum absolute atomic E-state index is 0.480. The van der Waals surface area contributed by atoms with Gasteiger partial charge in [-0.3, -0.25) is 0 Å². The number of nitrogens with two attached hydrogens (primary N) is 1. The van der Waals surface area contributed by atoms with Crippen molar-refractivity contribution in [2.24, 2.45) is 5.73 Å². The van der Waals surface area contributed by atoms with E-state index in [-0.39, 0.29) is 0 Å². The van der Waals surface area contributed by atoms with E-state index in [1.165, 1.54) is 0 Å². The van der Waals surface area contributed by atoms with Crippen molar-refractivity contribution in [3.05, 3.63) is 30.1 Å². The maximum atomic E-state index is 9.78. The molecule has 0 saturated heterocycles. The first-order valence-corrected chi connectivity index (χ1v) is 4.63. The zero-order chi connectivity index (χ0) is 9.97. The third-order valence-corrected chi connectivity index (χ3v) is 2.28. The summed E-state index contributed by atoms with van der Waals surface area (Å²) in [6, 6.07) is 3.79. The number of aliphatic hydroxyl groups is 1. The number of nitrogens with one attached hydrogen (secondary N) is 1. The molecule has 2 aromatic rings. The predicted molar refractivity (Wildman–Crippen MR) is 54.7 cm³/mol. The lowest BCUT2D eigenvalue weighted by Crippen LogP contribution is -2.06. The van der Waals surface area contributed by atoms with E-state index in [9.17, 15) is 5.11 Å². The van der Waals surface area contributed by atoms with Gasteiger partial charge in [0.05, 0.1) is 6.10 Å². The smallest absolute Gasteiger partial charge is 0.137 e. The van der Waals surface area contributed by atoms with Gasteiger partial charge in [0.2, 0.25) is 0 Å². The van der Waals surface area contributed by atoms with Gasteiger partial charge in [0, 0.05) is 23.3 Å². The number of nitrogens with zero attached hydrogens (tertiary/aromatic N) is 1. The Labute approximate surface area is 81.8 Å². The number of aromatic amines is 1. The lowest BCUT2D eigenvalue weighted by atomic mass is 10.1. The average Bonchev–Trinajstić information content (AvgIpc) is 2.61. The van der Waals surface area contributed by atoms with Crippen LogP contribution in [0.15, 0.2) is 24.5 Å². The maximum absolute atomic E-state index is 9.78. The SMILES string of the molecule is NCC[C@@H](O)c1c[nH]c2ncccc12. The molecule has 1 atom stereocenters. The van der Waals surface area contributed by atoms with Crippen LogP contribution in [0.25, 0.3) is 11.0 Å². The van der Waals surface area contributed by atoms with Gasteiger partial charge in [0.15, 0.2) is 0 Å². The van der Waals surface area contributed by atoms with Gasteiger partial charge in [0.25, 0.3) is 0 Å². The largest absolute Gasteiger partial charge is 0.388 e. The summed E-state index contributed by atoms with van der Waals surface area (Å²) in [5, 5.41) is 10.7. The van der Waals surface area contributed by atoms with E-state index < -0.39 is 6.10 Å². The molecule has 0 radical (unpaired) electrons. The molecular formula is C10H13N3O. The molecule has 0 aliphatic rings. The molecule has 14 heavy (non-hydrogen) atoms. The van der Waals surface area contributed by atoms with E-state index in [1.54, 1.807) is 12.4 Å². The lowest BCUT2D eigenvalue weighted by molar-refractivity contribution is 0.172. The number of fused-ring (bicyclic) bond motifs is 1. The maximum Gasteiger partial charge on any atom is 0.137 e. The molecule has 74 valence electrons. The second-order valence-electron chi connectivity index (χ2n) is 3.24. The highest BCUT2D eigenvalue weighted by atomic mass is 16.3. The highest BCUT2D eigenvalue weighted by molar-refractivity contribution is 5.79. The summed E-state index contributed by atoms with van der Waals surface area (Å²) in [5.41, 5.74) is 7.07. The van der Waals surface area contributed by atoms with Crippen LogP contribution in [0.1, 0.15) is 18.1 Å². The molecular weight excluding hydrogens is 178 g/mol. The van der Waals surface area contributed by atoms with E-state index in [0.29, 0.717) is 13.0 Å². The molecule has 2 rings (SSSR count). The van der Waals surface area contributed by atoms with E-state index in [0.717, 1.165) is 16.6 Å². The molecule has 0 spiro atoms. The molecule has 0 amide bonds. The first-order valence-electron chi connectivity index (χ1n) is 4.63. The van der Waals surface area contributed by atoms with Crippen LogP contribution in [-0.4, -0.2) is 21.6 Å². The summed E-state index contributed by atoms with van der Waals surface area (Å²) in [6.45, 7) is 0.480. The second kappa shape index (κ2) is 3.77. The second-order valence-corrected chi connectivity index (χ2v) is 3.24. The molecule has 0 unspecified atom stereocenters. The van der Waals surface area contributed by atoms with Crippen molar-refractivity contribution < 1.29 is 5.11 Å². The number of hydrogen-bond acceptors (Lipinski definition) is 3. The minimum Gasteiger partial charge on any atom is -0.388 e. The first-order chi connectivity index (χ1) is 6.83. The van der Waals surface area contributed by atoms with Crippen molar-refractivity contribution >= 4 is 11.0 Å². The molecule has 0 bridgehead atoms. The number of hydrogen-bond donors (Lipinski definition) is 3. The highest BCUT2D eigenvalue weighted by Gasteiger charge is 2.11. The highest BCUT2D eigenvalue weighted by Crippen LogP contribution is 2.24. The Bertz CT molecular complexity index is 424. The Morgan fingerprint density at radius 1 is 1.57 bits per heavy atom. The van der Waals surface area contributed by atoms with Crippen LogP contribution < -0.4 is 5.73 Å². The van der Waals surface area contributed by atoms with Crippen LogP contribution in [0.5, 0.6) is 0 Å². The van der Waals surface area contributed by atoms with Crippen LogP contribution in [0.4, 0.5) is 0 Å². The molecule has 0 aromatic carbocycles. The number of aliphatic hydroxyl groups excluding tert-OH is 1. The van der Waals surface area contributed by atoms with Gasteiger partial charge in [-0.15, -0.1) is 0 Å². The summed E-state index contributed by atoms with van der Waals surface area (Å²) in [7, 11) is 0. The Hall–Kier alpha value is -1.39. The predicted octanol–water partition coefficient (Wildman–Crippen LogP) is 0.945. The summed E-state index contributed by atoms with van der Waals surface area (Å²) in [4.78, 5) is 7.16.